The van der Waals surface area contributed by atoms with E-state index in [1.807, 2.05) is 36.5 Å². The summed E-state index contributed by atoms with van der Waals surface area (Å²) in [5.74, 6) is 0.263. The number of fused-ring (bicyclic) bond motifs is 1. The number of piperidine rings is 1. The first kappa shape index (κ1) is 27.1. The number of carbonyl (C=O) groups excluding carboxylic acids is 2. The van der Waals surface area contributed by atoms with Crippen LogP contribution in [0.25, 0.3) is 5.52 Å². The van der Waals surface area contributed by atoms with E-state index in [0.29, 0.717) is 62.7 Å². The Balaban J connectivity index is 1.38. The summed E-state index contributed by atoms with van der Waals surface area (Å²) < 4.78 is 16.9. The van der Waals surface area contributed by atoms with Gasteiger partial charge in [0.25, 0.3) is 5.91 Å². The number of hydrogen-bond acceptors (Lipinski definition) is 6. The van der Waals surface area contributed by atoms with Crippen LogP contribution in [0.5, 0.6) is 0 Å². The van der Waals surface area contributed by atoms with Crippen LogP contribution in [-0.2, 0) is 16.2 Å². The molecule has 3 heterocycles. The molecule has 4 rings (SSSR count). The Labute approximate surface area is 221 Å². The third-order valence-corrected chi connectivity index (χ3v) is 8.44. The van der Waals surface area contributed by atoms with Crippen molar-refractivity contribution in [1.29, 1.82) is 0 Å². The van der Waals surface area contributed by atoms with Crippen molar-refractivity contribution in [3.63, 3.8) is 0 Å². The first-order valence-corrected chi connectivity index (χ1v) is 14.1. The van der Waals surface area contributed by atoms with Crippen molar-refractivity contribution in [2.45, 2.75) is 50.3 Å². The van der Waals surface area contributed by atoms with Gasteiger partial charge in [0.05, 0.1) is 28.6 Å². The van der Waals surface area contributed by atoms with E-state index in [4.69, 9.17) is 5.73 Å². The van der Waals surface area contributed by atoms with Crippen LogP contribution in [0.3, 0.4) is 0 Å². The van der Waals surface area contributed by atoms with Crippen LogP contribution < -0.4 is 11.1 Å². The van der Waals surface area contributed by atoms with Crippen LogP contribution in [-0.4, -0.2) is 67.9 Å². The molecule has 0 aliphatic carbocycles. The zero-order chi connectivity index (χ0) is 26.4. The van der Waals surface area contributed by atoms with Gasteiger partial charge in [-0.2, -0.15) is 5.10 Å². The maximum Gasteiger partial charge on any atom is 0.257 e. The molecule has 0 bridgehead atoms. The van der Waals surface area contributed by atoms with Crippen LogP contribution in [0.4, 0.5) is 5.69 Å². The molecule has 3 aromatic rings. The SMILES string of the molecule is CCN(CC)C(=O)c1cnn2ccc(C3CCN([S+]([O-])c4ccc(NC(=O)CCCN)cc4)CC3)cc12. The molecule has 9 nitrogen and oxygen atoms in total. The molecule has 1 aliphatic rings. The van der Waals surface area contributed by atoms with E-state index in [1.54, 1.807) is 27.7 Å². The first-order chi connectivity index (χ1) is 17.9. The second kappa shape index (κ2) is 12.6. The number of amides is 2. The first-order valence-electron chi connectivity index (χ1n) is 13.0. The van der Waals surface area contributed by atoms with Gasteiger partial charge >= 0.3 is 0 Å². The molecule has 1 saturated heterocycles. The van der Waals surface area contributed by atoms with Gasteiger partial charge in [-0.3, -0.25) is 9.59 Å². The summed E-state index contributed by atoms with van der Waals surface area (Å²) in [6.07, 6.45) is 6.37. The lowest BCUT2D eigenvalue weighted by molar-refractivity contribution is -0.116. The highest BCUT2D eigenvalue weighted by atomic mass is 32.2. The van der Waals surface area contributed by atoms with Crippen LogP contribution in [0.1, 0.15) is 61.4 Å². The molecule has 1 atom stereocenters. The summed E-state index contributed by atoms with van der Waals surface area (Å²) >= 11 is -1.26. The highest BCUT2D eigenvalue weighted by molar-refractivity contribution is 7.89. The highest BCUT2D eigenvalue weighted by Gasteiger charge is 2.30. The Morgan fingerprint density at radius 3 is 2.51 bits per heavy atom. The molecule has 0 saturated carbocycles. The molecule has 198 valence electrons. The predicted octanol–water partition coefficient (Wildman–Crippen LogP) is 3.40. The molecule has 3 N–H and O–H groups in total. The lowest BCUT2D eigenvalue weighted by Gasteiger charge is -2.32. The van der Waals surface area contributed by atoms with E-state index in [0.717, 1.165) is 23.3 Å². The minimum absolute atomic E-state index is 0.00325. The fourth-order valence-electron chi connectivity index (χ4n) is 4.74. The zero-order valence-corrected chi connectivity index (χ0v) is 22.4. The zero-order valence-electron chi connectivity index (χ0n) is 21.6. The maximum atomic E-state index is 13.2. The monoisotopic (exact) mass is 524 g/mol. The molecule has 1 aromatic carbocycles. The summed E-state index contributed by atoms with van der Waals surface area (Å²) in [4.78, 5) is 27.4. The van der Waals surface area contributed by atoms with Crippen molar-refractivity contribution in [2.75, 3.05) is 38.0 Å². The minimum Gasteiger partial charge on any atom is -0.593 e. The number of benzene rings is 1. The van der Waals surface area contributed by atoms with Crippen LogP contribution >= 0.6 is 0 Å². The van der Waals surface area contributed by atoms with E-state index in [9.17, 15) is 14.1 Å². The van der Waals surface area contributed by atoms with E-state index in [1.165, 1.54) is 5.56 Å². The Morgan fingerprint density at radius 2 is 1.86 bits per heavy atom. The molecule has 10 heteroatoms. The Bertz CT molecular complexity index is 1200. The smallest absolute Gasteiger partial charge is 0.257 e. The molecular weight excluding hydrogens is 488 g/mol. The second-order valence-electron chi connectivity index (χ2n) is 9.24. The Morgan fingerprint density at radius 1 is 1.16 bits per heavy atom. The summed E-state index contributed by atoms with van der Waals surface area (Å²) in [5.41, 5.74) is 8.78. The number of nitrogens with two attached hydrogens (primary N) is 1. The average molecular weight is 525 g/mol. The number of rotatable bonds is 10. The number of aromatic nitrogens is 2. The number of hydrogen-bond donors (Lipinski definition) is 2. The second-order valence-corrected chi connectivity index (χ2v) is 10.7. The van der Waals surface area contributed by atoms with Gasteiger partial charge < -0.3 is 20.5 Å². The fourth-order valence-corrected chi connectivity index (χ4v) is 5.95. The van der Waals surface area contributed by atoms with E-state index < -0.39 is 11.4 Å². The Hall–Kier alpha value is -2.92. The normalized spacial score (nSPS) is 15.6. The molecule has 1 fully saturated rings. The number of carbonyl (C=O) groups is 2. The Kier molecular flexibility index (Phi) is 9.20. The lowest BCUT2D eigenvalue weighted by atomic mass is 9.90. The summed E-state index contributed by atoms with van der Waals surface area (Å²) in [6.45, 7) is 7.19. The number of pyridine rings is 1. The van der Waals surface area contributed by atoms with Gasteiger partial charge in [-0.15, -0.1) is 4.31 Å². The minimum atomic E-state index is -1.26. The molecule has 2 aromatic heterocycles. The van der Waals surface area contributed by atoms with Crippen molar-refractivity contribution < 1.29 is 14.1 Å². The van der Waals surface area contributed by atoms with E-state index in [2.05, 4.69) is 22.5 Å². The van der Waals surface area contributed by atoms with E-state index in [-0.39, 0.29) is 11.8 Å². The molecular formula is C27H36N6O3S. The molecule has 2 amide bonds. The summed E-state index contributed by atoms with van der Waals surface area (Å²) in [5, 5.41) is 7.22. The topological polar surface area (TPSA) is 119 Å². The quantitative estimate of drug-likeness (QED) is 0.393. The van der Waals surface area contributed by atoms with Crippen LogP contribution in [0.15, 0.2) is 53.7 Å². The van der Waals surface area contributed by atoms with Gasteiger partial charge in [-0.1, -0.05) is 0 Å². The number of nitrogens with zero attached hydrogens (tertiary/aromatic N) is 4. The summed E-state index contributed by atoms with van der Waals surface area (Å²) in [6, 6.07) is 11.4. The molecule has 0 spiro atoms. The molecule has 1 unspecified atom stereocenters. The lowest BCUT2D eigenvalue weighted by Crippen LogP contribution is -2.37. The third-order valence-electron chi connectivity index (χ3n) is 6.93. The van der Waals surface area contributed by atoms with Gasteiger partial charge in [-0.25, -0.2) is 4.52 Å². The summed E-state index contributed by atoms with van der Waals surface area (Å²) in [7, 11) is 0. The number of anilines is 1. The molecule has 1 aliphatic heterocycles. The highest BCUT2D eigenvalue weighted by Crippen LogP contribution is 2.32. The molecule has 37 heavy (non-hydrogen) atoms. The van der Waals surface area contributed by atoms with Gasteiger partial charge in [0.15, 0.2) is 4.90 Å². The van der Waals surface area contributed by atoms with Crippen molar-refractivity contribution in [3.8, 4) is 0 Å². The van der Waals surface area contributed by atoms with Gasteiger partial charge in [0, 0.05) is 44.5 Å². The van der Waals surface area contributed by atoms with Gasteiger partial charge in [0.1, 0.15) is 0 Å². The van der Waals surface area contributed by atoms with Crippen molar-refractivity contribution in [1.82, 2.24) is 18.8 Å². The van der Waals surface area contributed by atoms with E-state index >= 15 is 0 Å². The van der Waals surface area contributed by atoms with Gasteiger partial charge in [-0.05, 0) is 87.5 Å². The third kappa shape index (κ3) is 6.32. The largest absolute Gasteiger partial charge is 0.593 e. The average Bonchev–Trinajstić information content (AvgIpc) is 3.36. The fraction of sp³-hybridized carbons (Fsp3) is 0.444. The standard InChI is InChI=1S/C27H36N6O3S/c1-3-31(4-2)27(35)24-19-29-33-17-13-21(18-25(24)33)20-11-15-32(16-12-20)37(36)23-9-7-22(8-10-23)30-26(34)6-5-14-28/h7-10,13,17-20H,3-6,11-12,14-16,28H2,1-2H3,(H,30,34). The van der Waals surface area contributed by atoms with Crippen LogP contribution in [0.2, 0.25) is 0 Å². The molecule has 0 radical (unpaired) electrons. The van der Waals surface area contributed by atoms with Gasteiger partial charge in [0.2, 0.25) is 5.91 Å². The van der Waals surface area contributed by atoms with Crippen LogP contribution in [0, 0.1) is 0 Å². The maximum absolute atomic E-state index is 13.2. The number of nitrogens with one attached hydrogen (secondary N) is 1. The van der Waals surface area contributed by atoms with Crippen molar-refractivity contribution >= 4 is 34.4 Å². The predicted molar refractivity (Wildman–Crippen MR) is 146 cm³/mol. The van der Waals surface area contributed by atoms with Crippen molar-refractivity contribution in [2.24, 2.45) is 5.73 Å². The van der Waals surface area contributed by atoms with Crippen molar-refractivity contribution in [3.05, 3.63) is 59.9 Å².